The van der Waals surface area contributed by atoms with E-state index >= 15 is 0 Å². The van der Waals surface area contributed by atoms with Gasteiger partial charge in [0.15, 0.2) is 0 Å². The summed E-state index contributed by atoms with van der Waals surface area (Å²) in [7, 11) is -0.678. The van der Waals surface area contributed by atoms with E-state index in [2.05, 4.69) is 72.8 Å². The van der Waals surface area contributed by atoms with E-state index in [0.29, 0.717) is 6.10 Å². The molecule has 0 bridgehead atoms. The Labute approximate surface area is 139 Å². The van der Waals surface area contributed by atoms with Gasteiger partial charge in [-0.25, -0.2) is 0 Å². The highest BCUT2D eigenvalue weighted by atomic mass is 28.3. The first kappa shape index (κ1) is 19.2. The van der Waals surface area contributed by atoms with E-state index in [1.165, 1.54) is 11.1 Å². The van der Waals surface area contributed by atoms with Gasteiger partial charge in [0.25, 0.3) is 0 Å². The van der Waals surface area contributed by atoms with Gasteiger partial charge in [0.05, 0.1) is 6.10 Å². The maximum atomic E-state index is 6.25. The van der Waals surface area contributed by atoms with Crippen LogP contribution in [-0.4, -0.2) is 15.1 Å². The van der Waals surface area contributed by atoms with Gasteiger partial charge in [0.2, 0.25) is 9.04 Å². The van der Waals surface area contributed by atoms with Gasteiger partial charge in [0.1, 0.15) is 0 Å². The summed E-state index contributed by atoms with van der Waals surface area (Å²) in [6.45, 7) is 17.8. The molecule has 1 radical (unpaired) electrons. The lowest BCUT2D eigenvalue weighted by atomic mass is 9.83. The highest BCUT2D eigenvalue weighted by Gasteiger charge is 2.26. The molecule has 0 spiro atoms. The zero-order valence-corrected chi connectivity index (χ0v) is 16.7. The lowest BCUT2D eigenvalue weighted by Crippen LogP contribution is -2.33. The van der Waals surface area contributed by atoms with E-state index in [4.69, 9.17) is 10.2 Å². The summed E-state index contributed by atoms with van der Waals surface area (Å²) in [6.07, 6.45) is 2.37. The molecule has 1 atom stereocenters. The quantitative estimate of drug-likeness (QED) is 0.599. The van der Waals surface area contributed by atoms with Crippen molar-refractivity contribution in [2.45, 2.75) is 79.0 Å². The van der Waals surface area contributed by atoms with Gasteiger partial charge in [-0.3, -0.25) is 0 Å². The highest BCUT2D eigenvalue weighted by Crippen LogP contribution is 2.30. The third-order valence-corrected chi connectivity index (χ3v) is 4.72. The molecule has 0 saturated heterocycles. The summed E-state index contributed by atoms with van der Waals surface area (Å²) in [4.78, 5) is 0. The fourth-order valence-corrected chi connectivity index (χ4v) is 3.74. The number of nitrogen functional groups attached to an aromatic ring is 1. The van der Waals surface area contributed by atoms with Crippen molar-refractivity contribution in [2.75, 3.05) is 5.73 Å². The Kier molecular flexibility index (Phi) is 6.28. The van der Waals surface area contributed by atoms with E-state index < -0.39 is 9.04 Å². The minimum absolute atomic E-state index is 0.0986. The molecule has 0 aromatic heterocycles. The van der Waals surface area contributed by atoms with Gasteiger partial charge >= 0.3 is 0 Å². The van der Waals surface area contributed by atoms with Crippen LogP contribution >= 0.6 is 0 Å². The molecular weight excluding hydrogens is 286 g/mol. The fourth-order valence-electron chi connectivity index (χ4n) is 2.70. The summed E-state index contributed by atoms with van der Waals surface area (Å²) in [5.74, 6) is 0. The number of anilines is 1. The Hall–Kier alpha value is -0.803. The van der Waals surface area contributed by atoms with Gasteiger partial charge in [0, 0.05) is 5.69 Å². The van der Waals surface area contributed by atoms with Crippen LogP contribution < -0.4 is 5.73 Å². The largest absolute Gasteiger partial charge is 0.414 e. The Morgan fingerprint density at radius 3 is 2.09 bits per heavy atom. The molecule has 0 aliphatic heterocycles. The van der Waals surface area contributed by atoms with Crippen molar-refractivity contribution in [1.82, 2.24) is 0 Å². The molecule has 1 aromatic carbocycles. The molecule has 0 fully saturated rings. The standard InChI is InChI=1S/C19H34NOSi/c1-18(2,3)15-11-9-14(13-16(15)20)10-12-17(19(4,5)6)21-22(7)8/h9,11,13,17H,10,12,20H2,1-8H3. The van der Waals surface area contributed by atoms with Crippen molar-refractivity contribution in [3.8, 4) is 0 Å². The van der Waals surface area contributed by atoms with Gasteiger partial charge < -0.3 is 10.2 Å². The Morgan fingerprint density at radius 2 is 1.68 bits per heavy atom. The van der Waals surface area contributed by atoms with Crippen LogP contribution in [0.4, 0.5) is 5.69 Å². The Morgan fingerprint density at radius 1 is 1.09 bits per heavy atom. The van der Waals surface area contributed by atoms with Crippen LogP contribution in [0.5, 0.6) is 0 Å². The number of rotatable bonds is 5. The van der Waals surface area contributed by atoms with Crippen LogP contribution in [0.15, 0.2) is 18.2 Å². The molecule has 0 heterocycles. The molecule has 1 rings (SSSR count). The summed E-state index contributed by atoms with van der Waals surface area (Å²) < 4.78 is 6.22. The second-order valence-corrected chi connectivity index (χ2v) is 10.6. The third-order valence-electron chi connectivity index (χ3n) is 3.96. The molecule has 0 saturated carbocycles. The Bertz CT molecular complexity index is 483. The summed E-state index contributed by atoms with van der Waals surface area (Å²) >= 11 is 0. The third kappa shape index (κ3) is 5.77. The van der Waals surface area contributed by atoms with Crippen molar-refractivity contribution >= 4 is 14.7 Å². The zero-order valence-electron chi connectivity index (χ0n) is 15.7. The SMILES string of the molecule is C[Si](C)OC(CCc1ccc(C(C)(C)C)c(N)c1)C(C)(C)C. The average Bonchev–Trinajstić information content (AvgIpc) is 2.31. The van der Waals surface area contributed by atoms with Crippen molar-refractivity contribution in [1.29, 1.82) is 0 Å². The molecule has 2 N–H and O–H groups in total. The lowest BCUT2D eigenvalue weighted by molar-refractivity contribution is 0.0788. The van der Waals surface area contributed by atoms with E-state index in [-0.39, 0.29) is 10.8 Å². The zero-order chi connectivity index (χ0) is 17.1. The molecule has 125 valence electrons. The second kappa shape index (κ2) is 7.18. The van der Waals surface area contributed by atoms with Crippen LogP contribution in [-0.2, 0) is 16.3 Å². The smallest absolute Gasteiger partial charge is 0.205 e. The molecule has 2 nitrogen and oxygen atoms in total. The van der Waals surface area contributed by atoms with E-state index in [1.807, 2.05) is 0 Å². The molecule has 0 aliphatic rings. The van der Waals surface area contributed by atoms with Gasteiger partial charge in [-0.1, -0.05) is 53.7 Å². The van der Waals surface area contributed by atoms with Crippen molar-refractivity contribution in [2.24, 2.45) is 5.41 Å². The van der Waals surface area contributed by atoms with Gasteiger partial charge in [-0.05, 0) is 54.0 Å². The number of aryl methyl sites for hydroxylation is 1. The van der Waals surface area contributed by atoms with Crippen molar-refractivity contribution < 1.29 is 4.43 Å². The summed E-state index contributed by atoms with van der Waals surface area (Å²) in [5, 5.41) is 0. The van der Waals surface area contributed by atoms with Gasteiger partial charge in [-0.15, -0.1) is 0 Å². The Balaban J connectivity index is 2.80. The minimum Gasteiger partial charge on any atom is -0.414 e. The van der Waals surface area contributed by atoms with Crippen LogP contribution in [0.1, 0.15) is 59.1 Å². The van der Waals surface area contributed by atoms with Gasteiger partial charge in [-0.2, -0.15) is 0 Å². The van der Waals surface area contributed by atoms with E-state index in [1.54, 1.807) is 0 Å². The summed E-state index contributed by atoms with van der Waals surface area (Å²) in [5.41, 5.74) is 9.98. The van der Waals surface area contributed by atoms with E-state index in [9.17, 15) is 0 Å². The topological polar surface area (TPSA) is 35.2 Å². The summed E-state index contributed by atoms with van der Waals surface area (Å²) in [6, 6.07) is 6.55. The maximum Gasteiger partial charge on any atom is 0.205 e. The molecule has 1 unspecified atom stereocenters. The number of hydrogen-bond donors (Lipinski definition) is 1. The molecule has 0 aliphatic carbocycles. The maximum absolute atomic E-state index is 6.25. The molecule has 3 heteroatoms. The van der Waals surface area contributed by atoms with E-state index in [0.717, 1.165) is 18.5 Å². The van der Waals surface area contributed by atoms with Crippen molar-refractivity contribution in [3.63, 3.8) is 0 Å². The number of hydrogen-bond acceptors (Lipinski definition) is 2. The molecule has 0 amide bonds. The first-order chi connectivity index (χ1) is 9.91. The first-order valence-electron chi connectivity index (χ1n) is 8.27. The van der Waals surface area contributed by atoms with Crippen LogP contribution in [0, 0.1) is 5.41 Å². The highest BCUT2D eigenvalue weighted by molar-refractivity contribution is 6.48. The normalized spacial score (nSPS) is 14.4. The lowest BCUT2D eigenvalue weighted by Gasteiger charge is -2.32. The van der Waals surface area contributed by atoms with Crippen LogP contribution in [0.2, 0.25) is 13.1 Å². The fraction of sp³-hybridized carbons (Fsp3) is 0.684. The number of benzene rings is 1. The average molecular weight is 321 g/mol. The molecular formula is C19H34NOSi. The number of nitrogens with two attached hydrogens (primary N) is 1. The van der Waals surface area contributed by atoms with Crippen molar-refractivity contribution in [3.05, 3.63) is 29.3 Å². The van der Waals surface area contributed by atoms with Crippen LogP contribution in [0.25, 0.3) is 0 Å². The first-order valence-corrected chi connectivity index (χ1v) is 10.7. The van der Waals surface area contributed by atoms with Crippen LogP contribution in [0.3, 0.4) is 0 Å². The molecule has 22 heavy (non-hydrogen) atoms. The predicted molar refractivity (Wildman–Crippen MR) is 99.7 cm³/mol. The predicted octanol–water partition coefficient (Wildman–Crippen LogP) is 5.18. The second-order valence-electron chi connectivity index (χ2n) is 8.59. The molecule has 1 aromatic rings. The minimum atomic E-state index is -0.678. The monoisotopic (exact) mass is 320 g/mol.